The Bertz CT molecular complexity index is 420. The van der Waals surface area contributed by atoms with Crippen LogP contribution in [-0.2, 0) is 4.79 Å². The van der Waals surface area contributed by atoms with Crippen molar-refractivity contribution in [2.45, 2.75) is 12.5 Å². The molecule has 84 valence electrons. The van der Waals surface area contributed by atoms with Crippen molar-refractivity contribution in [3.05, 3.63) is 30.3 Å². The summed E-state index contributed by atoms with van der Waals surface area (Å²) in [6.07, 6.45) is 0. The van der Waals surface area contributed by atoms with Gasteiger partial charge in [-0.2, -0.15) is 0 Å². The van der Waals surface area contributed by atoms with Crippen LogP contribution >= 0.6 is 11.8 Å². The molecule has 5 heteroatoms. The molecule has 1 unspecified atom stereocenters. The second-order valence-corrected chi connectivity index (χ2v) is 4.68. The first-order valence-corrected chi connectivity index (χ1v) is 5.81. The monoisotopic (exact) mass is 237 g/mol. The van der Waals surface area contributed by atoms with E-state index in [2.05, 4.69) is 5.32 Å². The lowest BCUT2D eigenvalue weighted by atomic mass is 10.1. The van der Waals surface area contributed by atoms with Crippen molar-refractivity contribution in [2.24, 2.45) is 0 Å². The number of amides is 1. The van der Waals surface area contributed by atoms with E-state index >= 15 is 0 Å². The maximum atomic E-state index is 11.8. The fraction of sp³-hybridized carbons (Fsp3) is 0.273. The van der Waals surface area contributed by atoms with Crippen LogP contribution in [0.15, 0.2) is 30.3 Å². The molecule has 0 aliphatic carbocycles. The van der Waals surface area contributed by atoms with Gasteiger partial charge in [-0.25, -0.2) is 4.79 Å². The normalized spacial score (nSPS) is 23.9. The van der Waals surface area contributed by atoms with Gasteiger partial charge in [0.15, 0.2) is 0 Å². The number of hydrogen-bond acceptors (Lipinski definition) is 4. The Labute approximate surface area is 97.4 Å². The van der Waals surface area contributed by atoms with Crippen molar-refractivity contribution >= 4 is 23.0 Å². The Hall–Kier alpha value is -1.49. The van der Waals surface area contributed by atoms with E-state index in [-0.39, 0.29) is 5.24 Å². The van der Waals surface area contributed by atoms with Gasteiger partial charge < -0.3 is 10.1 Å². The number of thioether (sulfide) groups is 1. The van der Waals surface area contributed by atoms with Crippen LogP contribution in [0.25, 0.3) is 0 Å². The minimum absolute atomic E-state index is 0.187. The summed E-state index contributed by atoms with van der Waals surface area (Å²) in [5.41, 5.74) is -0.919. The van der Waals surface area contributed by atoms with Gasteiger partial charge in [0, 0.05) is 5.75 Å². The number of ether oxygens (including phenoxy) is 1. The molecule has 1 aromatic carbocycles. The van der Waals surface area contributed by atoms with Crippen LogP contribution in [0.4, 0.5) is 4.79 Å². The molecule has 16 heavy (non-hydrogen) atoms. The number of esters is 1. The first-order valence-electron chi connectivity index (χ1n) is 4.82. The van der Waals surface area contributed by atoms with Gasteiger partial charge in [0.05, 0.1) is 0 Å². The highest BCUT2D eigenvalue weighted by Gasteiger charge is 2.42. The summed E-state index contributed by atoms with van der Waals surface area (Å²) in [5, 5.41) is 2.41. The van der Waals surface area contributed by atoms with Gasteiger partial charge in [-0.1, -0.05) is 30.0 Å². The number of carbonyl (C=O) groups excluding carboxylic acids is 2. The zero-order valence-corrected chi connectivity index (χ0v) is 9.54. The van der Waals surface area contributed by atoms with Crippen molar-refractivity contribution in [3.8, 4) is 5.75 Å². The molecule has 1 fully saturated rings. The largest absolute Gasteiger partial charge is 0.425 e. The van der Waals surface area contributed by atoms with E-state index in [4.69, 9.17) is 4.74 Å². The summed E-state index contributed by atoms with van der Waals surface area (Å²) in [6, 6.07) is 8.81. The summed E-state index contributed by atoms with van der Waals surface area (Å²) >= 11 is 1.09. The summed E-state index contributed by atoms with van der Waals surface area (Å²) in [7, 11) is 0. The SMILES string of the molecule is CC1(C(=O)Oc2ccccc2)CSC(=O)N1. The fourth-order valence-corrected chi connectivity index (χ4v) is 2.23. The van der Waals surface area contributed by atoms with Gasteiger partial charge in [-0.3, -0.25) is 4.79 Å². The molecule has 2 rings (SSSR count). The van der Waals surface area contributed by atoms with Crippen LogP contribution in [0.3, 0.4) is 0 Å². The van der Waals surface area contributed by atoms with Crippen LogP contribution in [0.5, 0.6) is 5.75 Å². The third kappa shape index (κ3) is 2.19. The Kier molecular flexibility index (Phi) is 2.87. The zero-order valence-electron chi connectivity index (χ0n) is 8.73. The molecule has 1 atom stereocenters. The Morgan fingerprint density at radius 3 is 2.69 bits per heavy atom. The predicted molar refractivity (Wildman–Crippen MR) is 61.5 cm³/mol. The van der Waals surface area contributed by atoms with Crippen LogP contribution < -0.4 is 10.1 Å². The van der Waals surface area contributed by atoms with E-state index in [1.54, 1.807) is 31.2 Å². The average molecular weight is 237 g/mol. The highest BCUT2D eigenvalue weighted by molar-refractivity contribution is 8.14. The molecule has 1 amide bonds. The second-order valence-electron chi connectivity index (χ2n) is 3.74. The zero-order chi connectivity index (χ0) is 11.6. The predicted octanol–water partition coefficient (Wildman–Crippen LogP) is 1.81. The summed E-state index contributed by atoms with van der Waals surface area (Å²) in [6.45, 7) is 1.66. The van der Waals surface area contributed by atoms with E-state index in [1.807, 2.05) is 6.07 Å². The smallest absolute Gasteiger partial charge is 0.337 e. The molecule has 0 radical (unpaired) electrons. The molecule has 0 spiro atoms. The first kappa shape index (κ1) is 11.0. The third-order valence-corrected chi connectivity index (χ3v) is 3.36. The van der Waals surface area contributed by atoms with Crippen molar-refractivity contribution < 1.29 is 14.3 Å². The van der Waals surface area contributed by atoms with E-state index in [9.17, 15) is 9.59 Å². The molecular formula is C11H11NO3S. The van der Waals surface area contributed by atoms with E-state index in [1.165, 1.54) is 0 Å². The highest BCUT2D eigenvalue weighted by Crippen LogP contribution is 2.24. The van der Waals surface area contributed by atoms with Gasteiger partial charge in [-0.15, -0.1) is 0 Å². The van der Waals surface area contributed by atoms with Gasteiger partial charge in [-0.05, 0) is 19.1 Å². The van der Waals surface area contributed by atoms with E-state index in [0.717, 1.165) is 11.8 Å². The second kappa shape index (κ2) is 4.17. The molecule has 1 heterocycles. The number of carbonyl (C=O) groups is 2. The fourth-order valence-electron chi connectivity index (χ4n) is 1.33. The maximum Gasteiger partial charge on any atom is 0.337 e. The number of nitrogens with one attached hydrogen (secondary N) is 1. The molecule has 0 saturated carbocycles. The minimum atomic E-state index is -0.919. The highest BCUT2D eigenvalue weighted by atomic mass is 32.2. The van der Waals surface area contributed by atoms with E-state index < -0.39 is 11.5 Å². The quantitative estimate of drug-likeness (QED) is 0.629. The van der Waals surface area contributed by atoms with Gasteiger partial charge in [0.1, 0.15) is 11.3 Å². The van der Waals surface area contributed by atoms with Crippen molar-refractivity contribution in [3.63, 3.8) is 0 Å². The molecule has 4 nitrogen and oxygen atoms in total. The standard InChI is InChI=1S/C11H11NO3S/c1-11(7-16-10(14)12-11)9(13)15-8-5-3-2-4-6-8/h2-6H,7H2,1H3,(H,12,14). The third-order valence-electron chi connectivity index (χ3n) is 2.27. The van der Waals surface area contributed by atoms with Crippen LogP contribution in [0.2, 0.25) is 0 Å². The molecule has 0 bridgehead atoms. The van der Waals surface area contributed by atoms with Crippen molar-refractivity contribution in [1.82, 2.24) is 5.32 Å². The first-order chi connectivity index (χ1) is 7.60. The summed E-state index contributed by atoms with van der Waals surface area (Å²) in [5.74, 6) is 0.453. The number of hydrogen-bond donors (Lipinski definition) is 1. The van der Waals surface area contributed by atoms with Crippen LogP contribution in [-0.4, -0.2) is 22.5 Å². The maximum absolute atomic E-state index is 11.8. The van der Waals surface area contributed by atoms with Crippen LogP contribution in [0.1, 0.15) is 6.92 Å². The molecular weight excluding hydrogens is 226 g/mol. The topological polar surface area (TPSA) is 55.4 Å². The molecule has 1 aliphatic rings. The number of benzene rings is 1. The van der Waals surface area contributed by atoms with Crippen molar-refractivity contribution in [1.29, 1.82) is 0 Å². The Morgan fingerprint density at radius 1 is 1.44 bits per heavy atom. The summed E-state index contributed by atoms with van der Waals surface area (Å²) < 4.78 is 5.18. The lowest BCUT2D eigenvalue weighted by Crippen LogP contribution is -2.50. The molecule has 1 N–H and O–H groups in total. The number of rotatable bonds is 2. The lowest BCUT2D eigenvalue weighted by molar-refractivity contribution is -0.139. The van der Waals surface area contributed by atoms with Gasteiger partial charge in [0.2, 0.25) is 0 Å². The molecule has 1 aromatic rings. The molecule has 0 aromatic heterocycles. The summed E-state index contributed by atoms with van der Waals surface area (Å²) in [4.78, 5) is 22.9. The van der Waals surface area contributed by atoms with Crippen molar-refractivity contribution in [2.75, 3.05) is 5.75 Å². The van der Waals surface area contributed by atoms with E-state index in [0.29, 0.717) is 11.5 Å². The molecule has 1 aliphatic heterocycles. The average Bonchev–Trinajstić information content (AvgIpc) is 2.61. The lowest BCUT2D eigenvalue weighted by Gasteiger charge is -2.20. The van der Waals surface area contributed by atoms with Crippen LogP contribution in [0, 0.1) is 0 Å². The number of para-hydroxylation sites is 1. The minimum Gasteiger partial charge on any atom is -0.425 e. The van der Waals surface area contributed by atoms with Gasteiger partial charge >= 0.3 is 5.97 Å². The molecule has 1 saturated heterocycles. The Balaban J connectivity index is 2.06. The Morgan fingerprint density at radius 2 is 2.12 bits per heavy atom. The van der Waals surface area contributed by atoms with Gasteiger partial charge in [0.25, 0.3) is 5.24 Å².